The van der Waals surface area contributed by atoms with Crippen molar-refractivity contribution in [3.05, 3.63) is 11.9 Å². The van der Waals surface area contributed by atoms with Crippen molar-refractivity contribution >= 4 is 17.5 Å². The van der Waals surface area contributed by atoms with Gasteiger partial charge < -0.3 is 15.5 Å². The fourth-order valence-electron chi connectivity index (χ4n) is 2.01. The molecule has 0 saturated heterocycles. The second-order valence-electron chi connectivity index (χ2n) is 5.11. The number of carbonyl (C=O) groups is 1. The Morgan fingerprint density at radius 3 is 2.40 bits per heavy atom. The van der Waals surface area contributed by atoms with Gasteiger partial charge in [0.2, 0.25) is 5.91 Å². The average Bonchev–Trinajstić information content (AvgIpc) is 2.44. The molecule has 2 N–H and O–H groups in total. The number of nitrogens with one attached hydrogen (secondary N) is 2. The number of amides is 1. The molecule has 1 atom stereocenters. The van der Waals surface area contributed by atoms with Crippen molar-refractivity contribution in [3.63, 3.8) is 0 Å². The van der Waals surface area contributed by atoms with Crippen molar-refractivity contribution in [3.8, 4) is 0 Å². The SMILES string of the molecule is CCN(C)C(=O)C(C)Nc1ncnc(NC)c1C(C)C. The number of aromatic nitrogens is 2. The average molecular weight is 279 g/mol. The van der Waals surface area contributed by atoms with Crippen LogP contribution in [0.3, 0.4) is 0 Å². The predicted molar refractivity (Wildman–Crippen MR) is 82.1 cm³/mol. The van der Waals surface area contributed by atoms with E-state index in [0.29, 0.717) is 12.4 Å². The van der Waals surface area contributed by atoms with Crippen LogP contribution in [0.5, 0.6) is 0 Å². The van der Waals surface area contributed by atoms with Crippen LogP contribution in [-0.2, 0) is 4.79 Å². The number of anilines is 2. The fraction of sp³-hybridized carbons (Fsp3) is 0.643. The summed E-state index contributed by atoms with van der Waals surface area (Å²) in [5, 5.41) is 6.27. The summed E-state index contributed by atoms with van der Waals surface area (Å²) in [5.41, 5.74) is 0.994. The Kier molecular flexibility index (Phi) is 5.73. The van der Waals surface area contributed by atoms with E-state index in [9.17, 15) is 4.79 Å². The maximum atomic E-state index is 12.1. The first-order valence-corrected chi connectivity index (χ1v) is 6.96. The van der Waals surface area contributed by atoms with Gasteiger partial charge in [-0.25, -0.2) is 9.97 Å². The van der Waals surface area contributed by atoms with E-state index in [1.54, 1.807) is 11.9 Å². The van der Waals surface area contributed by atoms with Gasteiger partial charge in [0.25, 0.3) is 0 Å². The number of likely N-dealkylation sites (N-methyl/N-ethyl adjacent to an activating group) is 1. The van der Waals surface area contributed by atoms with Crippen molar-refractivity contribution in [1.82, 2.24) is 14.9 Å². The third-order valence-corrected chi connectivity index (χ3v) is 3.27. The lowest BCUT2D eigenvalue weighted by Crippen LogP contribution is -2.39. The van der Waals surface area contributed by atoms with Gasteiger partial charge in [-0.15, -0.1) is 0 Å². The third-order valence-electron chi connectivity index (χ3n) is 3.27. The van der Waals surface area contributed by atoms with E-state index in [2.05, 4.69) is 34.4 Å². The summed E-state index contributed by atoms with van der Waals surface area (Å²) in [7, 11) is 3.63. The van der Waals surface area contributed by atoms with Crippen LogP contribution in [0.15, 0.2) is 6.33 Å². The first-order chi connectivity index (χ1) is 9.42. The van der Waals surface area contributed by atoms with E-state index in [0.717, 1.165) is 11.4 Å². The highest BCUT2D eigenvalue weighted by Crippen LogP contribution is 2.28. The number of hydrogen-bond acceptors (Lipinski definition) is 5. The van der Waals surface area contributed by atoms with Gasteiger partial charge in [0.15, 0.2) is 0 Å². The molecule has 0 spiro atoms. The molecular formula is C14H25N5O. The molecule has 1 aromatic rings. The van der Waals surface area contributed by atoms with Crippen LogP contribution in [0, 0.1) is 0 Å². The largest absolute Gasteiger partial charge is 0.373 e. The highest BCUT2D eigenvalue weighted by atomic mass is 16.2. The van der Waals surface area contributed by atoms with E-state index < -0.39 is 0 Å². The molecular weight excluding hydrogens is 254 g/mol. The summed E-state index contributed by atoms with van der Waals surface area (Å²) in [5.74, 6) is 1.81. The highest BCUT2D eigenvalue weighted by Gasteiger charge is 2.20. The maximum absolute atomic E-state index is 12.1. The van der Waals surface area contributed by atoms with Crippen LogP contribution in [0.25, 0.3) is 0 Å². The van der Waals surface area contributed by atoms with E-state index in [1.165, 1.54) is 6.33 Å². The molecule has 1 amide bonds. The van der Waals surface area contributed by atoms with E-state index in [4.69, 9.17) is 0 Å². The van der Waals surface area contributed by atoms with Gasteiger partial charge in [-0.3, -0.25) is 4.79 Å². The van der Waals surface area contributed by atoms with Crippen molar-refractivity contribution in [2.24, 2.45) is 0 Å². The number of nitrogens with zero attached hydrogens (tertiary/aromatic N) is 3. The lowest BCUT2D eigenvalue weighted by molar-refractivity contribution is -0.130. The Labute approximate surface area is 121 Å². The quantitative estimate of drug-likeness (QED) is 0.832. The highest BCUT2D eigenvalue weighted by molar-refractivity contribution is 5.84. The van der Waals surface area contributed by atoms with Crippen LogP contribution in [0.2, 0.25) is 0 Å². The Morgan fingerprint density at radius 2 is 1.90 bits per heavy atom. The Morgan fingerprint density at radius 1 is 1.30 bits per heavy atom. The second-order valence-corrected chi connectivity index (χ2v) is 5.11. The minimum absolute atomic E-state index is 0.0480. The van der Waals surface area contributed by atoms with E-state index in [1.807, 2.05) is 20.9 Å². The zero-order valence-electron chi connectivity index (χ0n) is 13.2. The summed E-state index contributed by atoms with van der Waals surface area (Å²) < 4.78 is 0. The zero-order valence-corrected chi connectivity index (χ0v) is 13.2. The molecule has 6 heteroatoms. The first-order valence-electron chi connectivity index (χ1n) is 6.96. The van der Waals surface area contributed by atoms with Crippen LogP contribution >= 0.6 is 0 Å². The molecule has 0 fully saturated rings. The molecule has 0 radical (unpaired) electrons. The summed E-state index contributed by atoms with van der Waals surface area (Å²) >= 11 is 0. The summed E-state index contributed by atoms with van der Waals surface area (Å²) in [4.78, 5) is 22.3. The maximum Gasteiger partial charge on any atom is 0.244 e. The van der Waals surface area contributed by atoms with Crippen molar-refractivity contribution < 1.29 is 4.79 Å². The minimum atomic E-state index is -0.322. The molecule has 20 heavy (non-hydrogen) atoms. The summed E-state index contributed by atoms with van der Waals surface area (Å²) in [6.45, 7) is 8.64. The Balaban J connectivity index is 3.00. The summed E-state index contributed by atoms with van der Waals surface area (Å²) in [6, 6.07) is -0.322. The number of carbonyl (C=O) groups excluding carboxylic acids is 1. The first kappa shape index (κ1) is 16.2. The molecule has 0 aromatic carbocycles. The molecule has 0 aliphatic heterocycles. The van der Waals surface area contributed by atoms with Crippen LogP contribution in [0.1, 0.15) is 39.2 Å². The lowest BCUT2D eigenvalue weighted by atomic mass is 10.0. The van der Waals surface area contributed by atoms with Crippen molar-refractivity contribution in [2.45, 2.75) is 39.7 Å². The van der Waals surface area contributed by atoms with Gasteiger partial charge in [-0.1, -0.05) is 13.8 Å². The van der Waals surface area contributed by atoms with Crippen LogP contribution in [-0.4, -0.2) is 47.5 Å². The fourth-order valence-corrected chi connectivity index (χ4v) is 2.01. The van der Waals surface area contributed by atoms with Gasteiger partial charge in [-0.2, -0.15) is 0 Å². The smallest absolute Gasteiger partial charge is 0.244 e. The van der Waals surface area contributed by atoms with Crippen LogP contribution < -0.4 is 10.6 Å². The molecule has 1 heterocycles. The normalized spacial score (nSPS) is 12.2. The van der Waals surface area contributed by atoms with E-state index >= 15 is 0 Å². The van der Waals surface area contributed by atoms with Gasteiger partial charge in [0, 0.05) is 26.2 Å². The minimum Gasteiger partial charge on any atom is -0.373 e. The van der Waals surface area contributed by atoms with Gasteiger partial charge in [0.1, 0.15) is 24.0 Å². The van der Waals surface area contributed by atoms with Gasteiger partial charge >= 0.3 is 0 Å². The molecule has 0 saturated carbocycles. The zero-order chi connectivity index (χ0) is 15.3. The predicted octanol–water partition coefficient (Wildman–Crippen LogP) is 1.92. The number of hydrogen-bond donors (Lipinski definition) is 2. The molecule has 1 aromatic heterocycles. The monoisotopic (exact) mass is 279 g/mol. The van der Waals surface area contributed by atoms with Crippen LogP contribution in [0.4, 0.5) is 11.6 Å². The molecule has 1 rings (SSSR count). The second kappa shape index (κ2) is 7.07. The topological polar surface area (TPSA) is 70.2 Å². The lowest BCUT2D eigenvalue weighted by Gasteiger charge is -2.23. The standard InChI is InChI=1S/C14H25N5O/c1-7-19(6)14(20)10(4)18-13-11(9(2)3)12(15-5)16-8-17-13/h8-10H,7H2,1-6H3,(H2,15,16,17,18). The molecule has 0 bridgehead atoms. The van der Waals surface area contributed by atoms with Crippen molar-refractivity contribution in [1.29, 1.82) is 0 Å². The van der Waals surface area contributed by atoms with E-state index in [-0.39, 0.29) is 17.9 Å². The summed E-state index contributed by atoms with van der Waals surface area (Å²) in [6.07, 6.45) is 1.50. The molecule has 0 aliphatic carbocycles. The Hall–Kier alpha value is -1.85. The number of rotatable bonds is 6. The van der Waals surface area contributed by atoms with Crippen molar-refractivity contribution in [2.75, 3.05) is 31.3 Å². The molecule has 0 aliphatic rings. The van der Waals surface area contributed by atoms with Gasteiger partial charge in [-0.05, 0) is 19.8 Å². The molecule has 6 nitrogen and oxygen atoms in total. The molecule has 1 unspecified atom stereocenters. The third kappa shape index (κ3) is 3.59. The molecule has 112 valence electrons. The van der Waals surface area contributed by atoms with Gasteiger partial charge in [0.05, 0.1) is 0 Å². The Bertz CT molecular complexity index is 461.